The van der Waals surface area contributed by atoms with Crippen LogP contribution in [0, 0.1) is 0 Å². The van der Waals surface area contributed by atoms with Gasteiger partial charge < -0.3 is 58.3 Å². The van der Waals surface area contributed by atoms with Crippen molar-refractivity contribution in [2.75, 3.05) is 81.3 Å². The molecule has 0 atom stereocenters. The fraction of sp³-hybridized carbons (Fsp3) is 0.400. The van der Waals surface area contributed by atoms with Crippen molar-refractivity contribution in [1.82, 2.24) is 0 Å². The van der Waals surface area contributed by atoms with Gasteiger partial charge >= 0.3 is 23.9 Å². The fourth-order valence-electron chi connectivity index (χ4n) is 9.23. The van der Waals surface area contributed by atoms with Crippen LogP contribution in [0.25, 0.3) is 0 Å². The minimum atomic E-state index is -0.663. The van der Waals surface area contributed by atoms with Crippen molar-refractivity contribution in [3.63, 3.8) is 0 Å². The van der Waals surface area contributed by atoms with E-state index < -0.39 is 50.3 Å². The Kier molecular flexibility index (Phi) is 23.3. The number of fused-ring (bicyclic) bond motifs is 8. The van der Waals surface area contributed by atoms with Crippen LogP contribution in [0.5, 0.6) is 23.0 Å². The highest BCUT2D eigenvalue weighted by atomic mass is 16.5. The van der Waals surface area contributed by atoms with Crippen LogP contribution in [0.4, 0.5) is 0 Å². The predicted molar refractivity (Wildman–Crippen MR) is 285 cm³/mol. The summed E-state index contributed by atoms with van der Waals surface area (Å²) in [6.07, 6.45) is 5.41. The number of aliphatic hydroxyl groups excluding tert-OH is 4. The van der Waals surface area contributed by atoms with Crippen molar-refractivity contribution in [2.24, 2.45) is 0 Å². The summed E-state index contributed by atoms with van der Waals surface area (Å²) < 4.78 is 47.0. The minimum absolute atomic E-state index is 0.0321. The molecule has 16 nitrogen and oxygen atoms in total. The van der Waals surface area contributed by atoms with E-state index in [9.17, 15) is 39.6 Å². The highest BCUT2D eigenvalue weighted by Gasteiger charge is 2.24. The van der Waals surface area contributed by atoms with Crippen molar-refractivity contribution in [3.05, 3.63) is 164 Å². The van der Waals surface area contributed by atoms with Crippen LogP contribution in [-0.2, 0) is 89.5 Å². The van der Waals surface area contributed by atoms with Crippen LogP contribution in [0.15, 0.2) is 97.1 Å². The zero-order valence-electron chi connectivity index (χ0n) is 44.3. The molecule has 4 N–H and O–H groups in total. The van der Waals surface area contributed by atoms with Gasteiger partial charge in [-0.25, -0.2) is 19.2 Å². The zero-order chi connectivity index (χ0) is 55.3. The molecule has 0 saturated heterocycles. The molecule has 1 aliphatic rings. The third-order valence-corrected chi connectivity index (χ3v) is 12.8. The maximum atomic E-state index is 12.4. The third kappa shape index (κ3) is 16.4. The maximum absolute atomic E-state index is 12.4. The lowest BCUT2D eigenvalue weighted by atomic mass is 9.87. The molecule has 0 heterocycles. The summed E-state index contributed by atoms with van der Waals surface area (Å²) in [7, 11) is 6.55. The van der Waals surface area contributed by atoms with Gasteiger partial charge in [0.05, 0.1) is 104 Å². The number of ether oxygens (including phenoxy) is 8. The van der Waals surface area contributed by atoms with Gasteiger partial charge in [0.15, 0.2) is 0 Å². The van der Waals surface area contributed by atoms with Gasteiger partial charge in [0.2, 0.25) is 0 Å². The van der Waals surface area contributed by atoms with E-state index in [2.05, 4.69) is 74.8 Å². The molecular weight excluding hydrogens is 977 g/mol. The van der Waals surface area contributed by atoms with Gasteiger partial charge in [0, 0.05) is 25.7 Å². The third-order valence-electron chi connectivity index (χ3n) is 12.8. The molecule has 0 fully saturated rings. The second kappa shape index (κ2) is 29.7. The molecule has 0 amide bonds. The van der Waals surface area contributed by atoms with Gasteiger partial charge in [0.1, 0.15) is 23.0 Å². The first-order valence-corrected chi connectivity index (χ1v) is 25.2. The van der Waals surface area contributed by atoms with Crippen LogP contribution in [0.3, 0.4) is 0 Å². The smallest absolute Gasteiger partial charge is 0.335 e. The molecule has 76 heavy (non-hydrogen) atoms. The van der Waals surface area contributed by atoms with Gasteiger partial charge in [0.25, 0.3) is 0 Å². The molecule has 0 aliphatic heterocycles. The Hall–Kier alpha value is -7.24. The molecule has 0 radical (unpaired) electrons. The molecule has 0 saturated carbocycles. The average Bonchev–Trinajstić information content (AvgIpc) is 3.41. The van der Waals surface area contributed by atoms with Gasteiger partial charge in [-0.2, -0.15) is 0 Å². The Bertz CT molecular complexity index is 2300. The highest BCUT2D eigenvalue weighted by molar-refractivity contribution is 5.89. The number of carbonyl (C=O) groups excluding carboxylic acids is 4. The summed E-state index contributed by atoms with van der Waals surface area (Å²) in [4.78, 5) is 49.5. The first-order chi connectivity index (χ1) is 36.6. The van der Waals surface area contributed by atoms with Crippen LogP contribution >= 0.6 is 0 Å². The Morgan fingerprint density at radius 2 is 0.526 bits per heavy atom. The van der Waals surface area contributed by atoms with E-state index in [1.54, 1.807) is 28.4 Å². The van der Waals surface area contributed by atoms with E-state index >= 15 is 0 Å². The van der Waals surface area contributed by atoms with Crippen molar-refractivity contribution < 1.29 is 77.5 Å². The van der Waals surface area contributed by atoms with Crippen LogP contribution in [-0.4, -0.2) is 126 Å². The Morgan fingerprint density at radius 3 is 0.671 bits per heavy atom. The van der Waals surface area contributed by atoms with Crippen LogP contribution in [0.2, 0.25) is 0 Å². The van der Waals surface area contributed by atoms with E-state index in [1.165, 1.54) is 0 Å². The number of aryl methyl sites for hydroxylation is 4. The summed E-state index contributed by atoms with van der Waals surface area (Å²) in [5, 5.41) is 37.6. The number of benzene rings is 4. The van der Waals surface area contributed by atoms with Gasteiger partial charge in [-0.3, -0.25) is 0 Å². The van der Waals surface area contributed by atoms with Gasteiger partial charge in [-0.15, -0.1) is 0 Å². The van der Waals surface area contributed by atoms with Crippen molar-refractivity contribution in [3.8, 4) is 23.0 Å². The van der Waals surface area contributed by atoms with Crippen LogP contribution in [0.1, 0.15) is 92.4 Å². The minimum Gasteiger partial charge on any atom is -0.496 e. The van der Waals surface area contributed by atoms with E-state index in [0.717, 1.165) is 66.8 Å². The summed E-state index contributed by atoms with van der Waals surface area (Å²) in [6.45, 7) is 12.7. The van der Waals surface area contributed by atoms with E-state index in [4.69, 9.17) is 37.9 Å². The molecule has 4 aromatic carbocycles. The zero-order valence-corrected chi connectivity index (χ0v) is 44.3. The average molecular weight is 1050 g/mol. The molecule has 408 valence electrons. The van der Waals surface area contributed by atoms with Crippen molar-refractivity contribution in [1.29, 1.82) is 0 Å². The Labute approximate surface area is 445 Å². The number of hydrogen-bond donors (Lipinski definition) is 4. The SMILES string of the molecule is C=C(CO)C(=O)OCCCc1cc2c(OC)c(c1)Cc1cc(CCCOC(=O)C(=C)CO)cc(c1OC)Cc1cc(CCCOC(=O)C(=C)CO)cc(c1OC)Cc1cc(CCCOC(=O)C(=C)CO)cc(c1OC)C2. The normalized spacial score (nSPS) is 11.7. The molecule has 1 aliphatic carbocycles. The fourth-order valence-corrected chi connectivity index (χ4v) is 9.23. The molecule has 8 bridgehead atoms. The number of carbonyl (C=O) groups is 4. The second-order valence-electron chi connectivity index (χ2n) is 18.5. The number of methoxy groups -OCH3 is 4. The first kappa shape index (κ1) is 59.6. The van der Waals surface area contributed by atoms with E-state index in [-0.39, 0.29) is 48.7 Å². The quantitative estimate of drug-likeness (QED) is 0.0182. The molecule has 5 rings (SSSR count). The molecule has 4 aromatic rings. The van der Waals surface area contributed by atoms with Gasteiger partial charge in [-0.1, -0.05) is 74.8 Å². The maximum Gasteiger partial charge on any atom is 0.335 e. The number of esters is 4. The molecule has 0 aromatic heterocycles. The predicted octanol–water partition coefficient (Wildman–Crippen LogP) is 6.49. The van der Waals surface area contributed by atoms with Crippen LogP contribution < -0.4 is 18.9 Å². The second-order valence-corrected chi connectivity index (χ2v) is 18.5. The lowest BCUT2D eigenvalue weighted by Crippen LogP contribution is -2.12. The standard InChI is InChI=1S/C60H72O16/c1-37(33-61)57(65)73-17-9-13-41-21-45-29-47-23-42(14-10-18-74-58(66)38(2)34-62)25-49(54(47)70-6)31-51-27-44(16-12-20-76-60(68)40(4)36-64)28-52(56(51)72-8)32-50-26-43(15-11-19-75-59(67)39(3)35-63)24-48(55(50)71-7)30-46(22-41)53(45)69-5/h21-28,61-64H,1-4,9-20,29-36H2,5-8H3. The lowest BCUT2D eigenvalue weighted by Gasteiger charge is -2.23. The van der Waals surface area contributed by atoms with Crippen molar-refractivity contribution in [2.45, 2.75) is 77.0 Å². The lowest BCUT2D eigenvalue weighted by molar-refractivity contribution is -0.140. The van der Waals surface area contributed by atoms with E-state index in [0.29, 0.717) is 100 Å². The Balaban J connectivity index is 1.72. The monoisotopic (exact) mass is 1050 g/mol. The first-order valence-electron chi connectivity index (χ1n) is 25.2. The summed E-state index contributed by atoms with van der Waals surface area (Å²) in [6, 6.07) is 16.7. The molecule has 0 spiro atoms. The van der Waals surface area contributed by atoms with E-state index in [1.807, 2.05) is 0 Å². The summed E-state index contributed by atoms with van der Waals surface area (Å²) in [5.41, 5.74) is 10.5. The van der Waals surface area contributed by atoms with Crippen molar-refractivity contribution >= 4 is 23.9 Å². The molecular formula is C60H72O16. The number of hydrogen-bond acceptors (Lipinski definition) is 16. The largest absolute Gasteiger partial charge is 0.496 e. The summed E-state index contributed by atoms with van der Waals surface area (Å²) in [5.74, 6) is -0.0413. The number of rotatable bonds is 28. The topological polar surface area (TPSA) is 223 Å². The van der Waals surface area contributed by atoms with Gasteiger partial charge in [-0.05, 0) is 118 Å². The Morgan fingerprint density at radius 1 is 0.355 bits per heavy atom. The highest BCUT2D eigenvalue weighted by Crippen LogP contribution is 2.41. The number of aliphatic hydroxyl groups is 4. The molecule has 0 unspecified atom stereocenters. The molecule has 16 heteroatoms. The summed E-state index contributed by atoms with van der Waals surface area (Å²) >= 11 is 0.